The van der Waals surface area contributed by atoms with E-state index in [-0.39, 0.29) is 18.6 Å². The molecule has 8 heteroatoms. The van der Waals surface area contributed by atoms with Crippen LogP contribution in [0.15, 0.2) is 42.9 Å². The molecule has 4 N–H and O–H groups in total. The van der Waals surface area contributed by atoms with Gasteiger partial charge in [-0.2, -0.15) is 0 Å². The summed E-state index contributed by atoms with van der Waals surface area (Å²) in [4.78, 5) is 21.1. The van der Waals surface area contributed by atoms with Gasteiger partial charge in [-0.15, -0.1) is 0 Å². The van der Waals surface area contributed by atoms with Gasteiger partial charge in [0.05, 0.1) is 37.8 Å². The highest BCUT2D eigenvalue weighted by Gasteiger charge is 2.17. The van der Waals surface area contributed by atoms with Crippen LogP contribution < -0.4 is 25.8 Å². The second-order valence-corrected chi connectivity index (χ2v) is 6.41. The number of rotatable bonds is 7. The zero-order valence-corrected chi connectivity index (χ0v) is 16.7. The Balaban J connectivity index is 1.94. The van der Waals surface area contributed by atoms with Crippen LogP contribution in [0.3, 0.4) is 0 Å². The minimum atomic E-state index is -0.334. The number of hydrogen-bond donors (Lipinski definition) is 3. The molecule has 1 unspecified atom stereocenters. The van der Waals surface area contributed by atoms with Gasteiger partial charge >= 0.3 is 6.03 Å². The number of urea groups is 1. The lowest BCUT2D eigenvalue weighted by molar-refractivity contribution is 0.248. The van der Waals surface area contributed by atoms with Crippen molar-refractivity contribution in [3.8, 4) is 11.5 Å². The van der Waals surface area contributed by atoms with E-state index in [1.54, 1.807) is 38.9 Å². The maximum Gasteiger partial charge on any atom is 0.319 e. The van der Waals surface area contributed by atoms with Crippen LogP contribution in [0.2, 0.25) is 0 Å². The molecule has 0 saturated heterocycles. The van der Waals surface area contributed by atoms with Gasteiger partial charge in [-0.05, 0) is 30.2 Å². The van der Waals surface area contributed by atoms with E-state index in [1.165, 1.54) is 0 Å². The number of ether oxygens (including phenoxy) is 2. The average molecular weight is 395 g/mol. The number of hydrogen-bond acceptors (Lipinski definition) is 6. The van der Waals surface area contributed by atoms with Crippen molar-refractivity contribution in [2.45, 2.75) is 25.9 Å². The fourth-order valence-corrected chi connectivity index (χ4v) is 3.24. The van der Waals surface area contributed by atoms with Crippen molar-refractivity contribution in [1.29, 1.82) is 0 Å². The molecule has 2 aromatic heterocycles. The number of anilines is 1. The molecule has 0 aliphatic heterocycles. The highest BCUT2D eigenvalue weighted by Crippen LogP contribution is 2.36. The lowest BCUT2D eigenvalue weighted by Gasteiger charge is -2.19. The van der Waals surface area contributed by atoms with Crippen LogP contribution in [0.4, 0.5) is 10.5 Å². The summed E-state index contributed by atoms with van der Waals surface area (Å²) < 4.78 is 10.9. The van der Waals surface area contributed by atoms with Gasteiger partial charge in [0.25, 0.3) is 0 Å². The number of nitrogens with zero attached hydrogens (tertiary/aromatic N) is 2. The maximum absolute atomic E-state index is 12.7. The first-order valence-corrected chi connectivity index (χ1v) is 9.32. The standard InChI is InChI=1S/C21H25N5O3/c1-4-16(13-5-7-23-8-6-13)25-21(27)26-18-12-24-17(11-22)20-15(18)9-14(28-2)10-19(20)29-3/h5-10,12,16H,4,11,22H2,1-3H3,(H2,25,26,27). The van der Waals surface area contributed by atoms with E-state index in [1.807, 2.05) is 25.1 Å². The quantitative estimate of drug-likeness (QED) is 0.565. The Bertz CT molecular complexity index is 995. The van der Waals surface area contributed by atoms with Gasteiger partial charge in [-0.1, -0.05) is 6.92 Å². The predicted molar refractivity (Wildman–Crippen MR) is 112 cm³/mol. The van der Waals surface area contributed by atoms with Crippen molar-refractivity contribution in [2.24, 2.45) is 5.73 Å². The van der Waals surface area contributed by atoms with Gasteiger partial charge in [0.1, 0.15) is 11.5 Å². The lowest BCUT2D eigenvalue weighted by atomic mass is 10.1. The number of nitrogens with one attached hydrogen (secondary N) is 2. The third-order valence-corrected chi connectivity index (χ3v) is 4.72. The molecule has 3 aromatic rings. The molecule has 29 heavy (non-hydrogen) atoms. The zero-order chi connectivity index (χ0) is 20.8. The smallest absolute Gasteiger partial charge is 0.319 e. The second kappa shape index (κ2) is 9.20. The summed E-state index contributed by atoms with van der Waals surface area (Å²) in [5, 5.41) is 7.37. The topological polar surface area (TPSA) is 111 Å². The first kappa shape index (κ1) is 20.3. The summed E-state index contributed by atoms with van der Waals surface area (Å²) in [5.41, 5.74) is 8.06. The molecule has 0 aliphatic rings. The summed E-state index contributed by atoms with van der Waals surface area (Å²) in [5.74, 6) is 1.19. The van der Waals surface area contributed by atoms with Crippen LogP contribution in [0.25, 0.3) is 10.8 Å². The largest absolute Gasteiger partial charge is 0.497 e. The summed E-state index contributed by atoms with van der Waals surface area (Å²) in [6, 6.07) is 6.90. The van der Waals surface area contributed by atoms with Crippen LogP contribution in [0, 0.1) is 0 Å². The number of carbonyl (C=O) groups is 1. The van der Waals surface area contributed by atoms with E-state index in [9.17, 15) is 4.79 Å². The van der Waals surface area contributed by atoms with Crippen molar-refractivity contribution in [3.05, 3.63) is 54.1 Å². The first-order chi connectivity index (χ1) is 14.1. The first-order valence-electron chi connectivity index (χ1n) is 9.32. The van der Waals surface area contributed by atoms with Crippen LogP contribution in [-0.4, -0.2) is 30.2 Å². The molecule has 0 spiro atoms. The van der Waals surface area contributed by atoms with E-state index >= 15 is 0 Å². The normalized spacial score (nSPS) is 11.7. The summed E-state index contributed by atoms with van der Waals surface area (Å²) in [6.07, 6.45) is 5.75. The molecule has 3 rings (SSSR count). The predicted octanol–water partition coefficient (Wildman–Crippen LogP) is 3.38. The lowest BCUT2D eigenvalue weighted by Crippen LogP contribution is -2.32. The number of methoxy groups -OCH3 is 2. The van der Waals surface area contributed by atoms with Gasteiger partial charge in [0.2, 0.25) is 0 Å². The van der Waals surface area contributed by atoms with Crippen LogP contribution in [0.1, 0.15) is 30.6 Å². The third kappa shape index (κ3) is 4.38. The van der Waals surface area contributed by atoms with Crippen molar-refractivity contribution >= 4 is 22.5 Å². The molecule has 0 aliphatic carbocycles. The summed E-state index contributed by atoms with van der Waals surface area (Å²) >= 11 is 0. The molecule has 2 amide bonds. The Labute approximate surface area is 169 Å². The van der Waals surface area contributed by atoms with E-state index in [2.05, 4.69) is 20.6 Å². The van der Waals surface area contributed by atoms with Crippen LogP contribution in [0.5, 0.6) is 11.5 Å². The van der Waals surface area contributed by atoms with Gasteiger partial charge in [0.15, 0.2) is 0 Å². The Morgan fingerprint density at radius 1 is 1.21 bits per heavy atom. The van der Waals surface area contributed by atoms with Crippen molar-refractivity contribution in [3.63, 3.8) is 0 Å². The molecule has 152 valence electrons. The Kier molecular flexibility index (Phi) is 6.46. The van der Waals surface area contributed by atoms with E-state index in [0.717, 1.165) is 22.8 Å². The summed E-state index contributed by atoms with van der Waals surface area (Å²) in [6.45, 7) is 2.25. The third-order valence-electron chi connectivity index (χ3n) is 4.72. The number of fused-ring (bicyclic) bond motifs is 1. The Morgan fingerprint density at radius 3 is 2.59 bits per heavy atom. The molecule has 0 radical (unpaired) electrons. The highest BCUT2D eigenvalue weighted by molar-refractivity contribution is 6.05. The summed E-state index contributed by atoms with van der Waals surface area (Å²) in [7, 11) is 3.15. The van der Waals surface area contributed by atoms with Crippen molar-refractivity contribution < 1.29 is 14.3 Å². The van der Waals surface area contributed by atoms with E-state index < -0.39 is 0 Å². The van der Waals surface area contributed by atoms with Crippen molar-refractivity contribution in [2.75, 3.05) is 19.5 Å². The Hall–Kier alpha value is -3.39. The van der Waals surface area contributed by atoms with Gasteiger partial charge in [-0.25, -0.2) is 4.79 Å². The number of benzene rings is 1. The maximum atomic E-state index is 12.7. The molecule has 0 fully saturated rings. The molecule has 1 atom stereocenters. The number of carbonyl (C=O) groups excluding carboxylic acids is 1. The molecule has 2 heterocycles. The number of aromatic nitrogens is 2. The van der Waals surface area contributed by atoms with Gasteiger partial charge in [-0.3, -0.25) is 9.97 Å². The molecular formula is C21H25N5O3. The fraction of sp³-hybridized carbons (Fsp3) is 0.286. The highest BCUT2D eigenvalue weighted by atomic mass is 16.5. The van der Waals surface area contributed by atoms with E-state index in [4.69, 9.17) is 15.2 Å². The van der Waals surface area contributed by atoms with Crippen molar-refractivity contribution in [1.82, 2.24) is 15.3 Å². The SMILES string of the molecule is CCC(NC(=O)Nc1cnc(CN)c2c(OC)cc(OC)cc12)c1ccncc1. The number of pyridine rings is 2. The van der Waals surface area contributed by atoms with Gasteiger partial charge in [0, 0.05) is 35.8 Å². The fourth-order valence-electron chi connectivity index (χ4n) is 3.24. The Morgan fingerprint density at radius 2 is 1.97 bits per heavy atom. The monoisotopic (exact) mass is 395 g/mol. The molecular weight excluding hydrogens is 370 g/mol. The molecule has 8 nitrogen and oxygen atoms in total. The minimum Gasteiger partial charge on any atom is -0.497 e. The molecule has 0 saturated carbocycles. The van der Waals surface area contributed by atoms with Crippen LogP contribution in [-0.2, 0) is 6.54 Å². The van der Waals surface area contributed by atoms with Crippen LogP contribution >= 0.6 is 0 Å². The number of nitrogens with two attached hydrogens (primary N) is 1. The van der Waals surface area contributed by atoms with Gasteiger partial charge < -0.3 is 25.8 Å². The average Bonchev–Trinajstić information content (AvgIpc) is 2.77. The molecule has 0 bridgehead atoms. The molecule has 1 aromatic carbocycles. The second-order valence-electron chi connectivity index (χ2n) is 6.41. The van der Waals surface area contributed by atoms with E-state index in [0.29, 0.717) is 22.9 Å². The number of amides is 2. The minimum absolute atomic E-state index is 0.135. The zero-order valence-electron chi connectivity index (χ0n) is 16.7.